The third-order valence-corrected chi connectivity index (χ3v) is 3.55. The lowest BCUT2D eigenvalue weighted by molar-refractivity contribution is -0.158. The number of amides is 2. The van der Waals surface area contributed by atoms with Crippen molar-refractivity contribution in [2.75, 3.05) is 6.54 Å². The van der Waals surface area contributed by atoms with Crippen molar-refractivity contribution in [3.05, 3.63) is 0 Å². The molecule has 2 unspecified atom stereocenters. The van der Waals surface area contributed by atoms with Crippen molar-refractivity contribution in [2.45, 2.75) is 73.0 Å². The van der Waals surface area contributed by atoms with E-state index in [0.29, 0.717) is 11.5 Å². The maximum absolute atomic E-state index is 12.6. The highest BCUT2D eigenvalue weighted by molar-refractivity contribution is 5.86. The van der Waals surface area contributed by atoms with E-state index in [4.69, 9.17) is 4.74 Å². The minimum absolute atomic E-state index is 0.106. The van der Waals surface area contributed by atoms with Crippen molar-refractivity contribution in [1.82, 2.24) is 10.4 Å². The largest absolute Gasteiger partial charge is 0.461 e. The summed E-state index contributed by atoms with van der Waals surface area (Å²) in [4.78, 5) is 35.5. The van der Waals surface area contributed by atoms with Crippen LogP contribution in [0.5, 0.6) is 0 Å². The predicted molar refractivity (Wildman–Crippen MR) is 90.2 cm³/mol. The van der Waals surface area contributed by atoms with Gasteiger partial charge in [-0.1, -0.05) is 40.5 Å². The van der Waals surface area contributed by atoms with Crippen molar-refractivity contribution < 1.29 is 24.3 Å². The van der Waals surface area contributed by atoms with Crippen LogP contribution < -0.4 is 5.32 Å². The Labute approximate surface area is 144 Å². The molecular weight excluding hydrogens is 312 g/mol. The number of ether oxygens (including phenoxy) is 1. The molecule has 0 saturated carbocycles. The molecule has 0 radical (unpaired) electrons. The summed E-state index contributed by atoms with van der Waals surface area (Å²) in [6, 6.07) is -0.806. The van der Waals surface area contributed by atoms with Gasteiger partial charge in [-0.05, 0) is 25.7 Å². The molecule has 0 heterocycles. The number of hydroxylamine groups is 2. The molecule has 140 valence electrons. The second kappa shape index (κ2) is 10.3. The van der Waals surface area contributed by atoms with Crippen LogP contribution in [0.2, 0.25) is 0 Å². The van der Waals surface area contributed by atoms with Crippen LogP contribution in [0.15, 0.2) is 0 Å². The van der Waals surface area contributed by atoms with Crippen molar-refractivity contribution >= 4 is 18.3 Å². The normalized spacial score (nSPS) is 14.0. The monoisotopic (exact) mass is 344 g/mol. The number of hydrogen-bond donors (Lipinski definition) is 2. The summed E-state index contributed by atoms with van der Waals surface area (Å²) in [7, 11) is 0. The SMILES string of the molecule is CCCCC(CN(O)C=O)C(=O)NC(C(=O)OC(C)C)C(C)(C)C. The lowest BCUT2D eigenvalue weighted by Crippen LogP contribution is -2.52. The Morgan fingerprint density at radius 1 is 1.29 bits per heavy atom. The summed E-state index contributed by atoms with van der Waals surface area (Å²) in [6.45, 7) is 10.9. The van der Waals surface area contributed by atoms with Gasteiger partial charge in [-0.25, -0.2) is 9.86 Å². The molecular formula is C17H32N2O5. The first-order chi connectivity index (χ1) is 11.0. The highest BCUT2D eigenvalue weighted by Crippen LogP contribution is 2.22. The summed E-state index contributed by atoms with van der Waals surface area (Å²) >= 11 is 0. The molecule has 2 N–H and O–H groups in total. The quantitative estimate of drug-likeness (QED) is 0.274. The van der Waals surface area contributed by atoms with Gasteiger partial charge in [0, 0.05) is 0 Å². The van der Waals surface area contributed by atoms with E-state index in [1.807, 2.05) is 27.7 Å². The van der Waals surface area contributed by atoms with Crippen molar-refractivity contribution in [1.29, 1.82) is 0 Å². The zero-order chi connectivity index (χ0) is 18.9. The highest BCUT2D eigenvalue weighted by atomic mass is 16.5. The molecule has 2 atom stereocenters. The fourth-order valence-corrected chi connectivity index (χ4v) is 2.21. The molecule has 0 aromatic rings. The van der Waals surface area contributed by atoms with Crippen molar-refractivity contribution in [3.63, 3.8) is 0 Å². The van der Waals surface area contributed by atoms with Gasteiger partial charge in [0.25, 0.3) is 0 Å². The Balaban J connectivity index is 5.14. The summed E-state index contributed by atoms with van der Waals surface area (Å²) in [5.41, 5.74) is -0.527. The zero-order valence-electron chi connectivity index (χ0n) is 15.7. The molecule has 7 heteroatoms. The van der Waals surface area contributed by atoms with Crippen LogP contribution in [-0.2, 0) is 19.1 Å². The summed E-state index contributed by atoms with van der Waals surface area (Å²) in [5.74, 6) is -1.45. The Morgan fingerprint density at radius 3 is 2.29 bits per heavy atom. The molecule has 0 aromatic carbocycles. The van der Waals surface area contributed by atoms with E-state index in [1.54, 1.807) is 13.8 Å². The molecule has 0 aliphatic carbocycles. The topological polar surface area (TPSA) is 95.9 Å². The van der Waals surface area contributed by atoms with Crippen LogP contribution in [-0.4, -0.2) is 47.2 Å². The number of carbonyl (C=O) groups is 3. The van der Waals surface area contributed by atoms with Gasteiger partial charge in [0.1, 0.15) is 6.04 Å². The van der Waals surface area contributed by atoms with Crippen LogP contribution in [0.4, 0.5) is 0 Å². The van der Waals surface area contributed by atoms with Crippen LogP contribution in [0, 0.1) is 11.3 Å². The highest BCUT2D eigenvalue weighted by Gasteiger charge is 2.36. The Morgan fingerprint density at radius 2 is 1.88 bits per heavy atom. The number of hydrogen-bond acceptors (Lipinski definition) is 5. The first-order valence-electron chi connectivity index (χ1n) is 8.44. The van der Waals surface area contributed by atoms with Crippen LogP contribution >= 0.6 is 0 Å². The maximum Gasteiger partial charge on any atom is 0.329 e. The average Bonchev–Trinajstić information content (AvgIpc) is 2.46. The van der Waals surface area contributed by atoms with E-state index in [-0.39, 0.29) is 25.0 Å². The van der Waals surface area contributed by atoms with E-state index in [0.717, 1.165) is 12.8 Å². The molecule has 0 aliphatic heterocycles. The number of nitrogens with one attached hydrogen (secondary N) is 1. The number of rotatable bonds is 10. The van der Waals surface area contributed by atoms with Gasteiger partial charge >= 0.3 is 5.97 Å². The van der Waals surface area contributed by atoms with Crippen LogP contribution in [0.3, 0.4) is 0 Å². The molecule has 0 aromatic heterocycles. The Bertz CT molecular complexity index is 418. The smallest absolute Gasteiger partial charge is 0.329 e. The molecule has 0 fully saturated rings. The molecule has 7 nitrogen and oxygen atoms in total. The second-order valence-corrected chi connectivity index (χ2v) is 7.36. The first-order valence-corrected chi connectivity index (χ1v) is 8.44. The van der Waals surface area contributed by atoms with Gasteiger partial charge in [-0.3, -0.25) is 14.8 Å². The molecule has 0 aliphatic rings. The summed E-state index contributed by atoms with van der Waals surface area (Å²) < 4.78 is 5.23. The lowest BCUT2D eigenvalue weighted by atomic mass is 9.86. The van der Waals surface area contributed by atoms with E-state index >= 15 is 0 Å². The minimum atomic E-state index is -0.806. The van der Waals surface area contributed by atoms with E-state index in [9.17, 15) is 19.6 Å². The molecule has 0 saturated heterocycles. The van der Waals surface area contributed by atoms with Crippen LogP contribution in [0.1, 0.15) is 60.8 Å². The van der Waals surface area contributed by atoms with E-state index in [2.05, 4.69) is 5.32 Å². The Hall–Kier alpha value is -1.63. The van der Waals surface area contributed by atoms with Gasteiger partial charge in [-0.2, -0.15) is 0 Å². The third kappa shape index (κ3) is 8.29. The molecule has 2 amide bonds. The number of carbonyl (C=O) groups excluding carboxylic acids is 3. The average molecular weight is 344 g/mol. The standard InChI is InChI=1S/C17H32N2O5/c1-7-8-9-13(10-19(23)11-20)15(21)18-14(17(4,5)6)16(22)24-12(2)3/h11-14,23H,7-10H2,1-6H3,(H,18,21). The summed E-state index contributed by atoms with van der Waals surface area (Å²) in [6.07, 6.45) is 2.16. The zero-order valence-corrected chi connectivity index (χ0v) is 15.7. The molecule has 0 spiro atoms. The number of esters is 1. The van der Waals surface area contributed by atoms with Crippen LogP contribution in [0.25, 0.3) is 0 Å². The first kappa shape index (κ1) is 22.4. The third-order valence-electron chi connectivity index (χ3n) is 3.55. The van der Waals surface area contributed by atoms with Gasteiger partial charge in [0.05, 0.1) is 18.6 Å². The number of nitrogens with zero attached hydrogens (tertiary/aromatic N) is 1. The van der Waals surface area contributed by atoms with Gasteiger partial charge in [-0.15, -0.1) is 0 Å². The van der Waals surface area contributed by atoms with Gasteiger partial charge in [0.15, 0.2) is 0 Å². The fourth-order valence-electron chi connectivity index (χ4n) is 2.21. The van der Waals surface area contributed by atoms with Gasteiger partial charge in [0.2, 0.25) is 12.3 Å². The maximum atomic E-state index is 12.6. The van der Waals surface area contributed by atoms with Crippen molar-refractivity contribution in [2.24, 2.45) is 11.3 Å². The molecule has 0 rings (SSSR count). The Kier molecular flexibility index (Phi) is 9.58. The van der Waals surface area contributed by atoms with Crippen molar-refractivity contribution in [3.8, 4) is 0 Å². The second-order valence-electron chi connectivity index (χ2n) is 7.36. The predicted octanol–water partition coefficient (Wildman–Crippen LogP) is 2.12. The summed E-state index contributed by atoms with van der Waals surface area (Å²) in [5, 5.41) is 12.6. The fraction of sp³-hybridized carbons (Fsp3) is 0.824. The lowest BCUT2D eigenvalue weighted by Gasteiger charge is -2.31. The van der Waals surface area contributed by atoms with E-state index < -0.39 is 23.3 Å². The van der Waals surface area contributed by atoms with E-state index in [1.165, 1.54) is 0 Å². The minimum Gasteiger partial charge on any atom is -0.461 e. The van der Waals surface area contributed by atoms with Gasteiger partial charge < -0.3 is 10.1 Å². The molecule has 0 bridgehead atoms. The molecule has 24 heavy (non-hydrogen) atoms. The number of unbranched alkanes of at least 4 members (excludes halogenated alkanes) is 1.